The van der Waals surface area contributed by atoms with Gasteiger partial charge in [-0.15, -0.1) is 0 Å². The Kier molecular flexibility index (Phi) is 4.83. The van der Waals surface area contributed by atoms with Gasteiger partial charge in [0.25, 0.3) is 0 Å². The van der Waals surface area contributed by atoms with Crippen LogP contribution in [0.15, 0.2) is 0 Å². The Balaban J connectivity index is 1.67. The highest BCUT2D eigenvalue weighted by molar-refractivity contribution is 4.76. The van der Waals surface area contributed by atoms with E-state index in [0.29, 0.717) is 6.04 Å². The van der Waals surface area contributed by atoms with Gasteiger partial charge in [-0.2, -0.15) is 0 Å². The number of hydrogen-bond acceptors (Lipinski definition) is 3. The Morgan fingerprint density at radius 2 is 1.41 bits per heavy atom. The van der Waals surface area contributed by atoms with Crippen molar-refractivity contribution in [2.24, 2.45) is 5.92 Å². The van der Waals surface area contributed by atoms with Crippen LogP contribution in [0.3, 0.4) is 0 Å². The summed E-state index contributed by atoms with van der Waals surface area (Å²) in [5.41, 5.74) is 0. The smallest absolute Gasteiger partial charge is 0.0507 e. The van der Waals surface area contributed by atoms with Crippen LogP contribution in [-0.4, -0.2) is 66.7 Å². The number of piperazine rings is 1. The molecule has 100 valence electrons. The predicted octanol–water partition coefficient (Wildman–Crippen LogP) is 1.70. The molecule has 3 heteroatoms. The topological polar surface area (TPSA) is 9.72 Å². The molecule has 0 radical (unpaired) electrons. The van der Waals surface area contributed by atoms with Gasteiger partial charge in [-0.05, 0) is 45.7 Å². The molecule has 2 aliphatic heterocycles. The van der Waals surface area contributed by atoms with E-state index in [1.54, 1.807) is 0 Å². The zero-order valence-electron chi connectivity index (χ0n) is 11.9. The number of rotatable bonds is 3. The maximum Gasteiger partial charge on any atom is 0.0507 e. The van der Waals surface area contributed by atoms with Crippen LogP contribution in [0.5, 0.6) is 0 Å². The Hall–Kier alpha value is -0.120. The molecule has 2 heterocycles. The van der Waals surface area contributed by atoms with E-state index < -0.39 is 0 Å². The third kappa shape index (κ3) is 3.94. The van der Waals surface area contributed by atoms with Gasteiger partial charge in [-0.1, -0.05) is 6.92 Å². The van der Waals surface area contributed by atoms with Crippen molar-refractivity contribution in [2.45, 2.75) is 39.7 Å². The van der Waals surface area contributed by atoms with Crippen LogP contribution >= 0.6 is 0 Å². The van der Waals surface area contributed by atoms with E-state index in [-0.39, 0.29) is 0 Å². The highest BCUT2D eigenvalue weighted by Gasteiger charge is 2.22. The average molecular weight is 239 g/mol. The highest BCUT2D eigenvalue weighted by Crippen LogP contribution is 2.16. The van der Waals surface area contributed by atoms with Crippen molar-refractivity contribution in [1.29, 1.82) is 0 Å². The highest BCUT2D eigenvalue weighted by atomic mass is 15.4. The quantitative estimate of drug-likeness (QED) is 0.742. The summed E-state index contributed by atoms with van der Waals surface area (Å²) in [4.78, 5) is 7.87. The first-order valence-electron chi connectivity index (χ1n) is 7.34. The van der Waals surface area contributed by atoms with E-state index in [2.05, 4.69) is 35.5 Å². The third-order valence-electron chi connectivity index (χ3n) is 4.41. The van der Waals surface area contributed by atoms with E-state index in [0.717, 1.165) is 5.92 Å². The Labute approximate surface area is 107 Å². The van der Waals surface area contributed by atoms with Gasteiger partial charge in [0.05, 0.1) is 6.67 Å². The Morgan fingerprint density at radius 1 is 0.882 bits per heavy atom. The number of piperidine rings is 1. The molecule has 0 unspecified atom stereocenters. The van der Waals surface area contributed by atoms with E-state index in [4.69, 9.17) is 0 Å². The zero-order valence-corrected chi connectivity index (χ0v) is 11.9. The SMILES string of the molecule is CC1CCN(CN2CCN(C(C)C)CC2)CC1. The monoisotopic (exact) mass is 239 g/mol. The summed E-state index contributed by atoms with van der Waals surface area (Å²) in [6.45, 7) is 15.8. The molecule has 2 saturated heterocycles. The van der Waals surface area contributed by atoms with Gasteiger partial charge < -0.3 is 0 Å². The minimum atomic E-state index is 0.716. The van der Waals surface area contributed by atoms with Gasteiger partial charge >= 0.3 is 0 Å². The van der Waals surface area contributed by atoms with Crippen LogP contribution < -0.4 is 0 Å². The van der Waals surface area contributed by atoms with Gasteiger partial charge in [-0.25, -0.2) is 0 Å². The Bertz CT molecular complexity index is 214. The van der Waals surface area contributed by atoms with E-state index >= 15 is 0 Å². The summed E-state index contributed by atoms with van der Waals surface area (Å²) in [7, 11) is 0. The van der Waals surface area contributed by atoms with Crippen LogP contribution in [-0.2, 0) is 0 Å². The van der Waals surface area contributed by atoms with Gasteiger partial charge in [0, 0.05) is 32.2 Å². The first kappa shape index (κ1) is 13.3. The zero-order chi connectivity index (χ0) is 12.3. The fraction of sp³-hybridized carbons (Fsp3) is 1.00. The molecule has 0 bridgehead atoms. The molecule has 0 aromatic rings. The standard InChI is InChI=1S/C14H29N3/c1-13(2)17-10-8-16(9-11-17)12-15-6-4-14(3)5-7-15/h13-14H,4-12H2,1-3H3. The van der Waals surface area contributed by atoms with Crippen LogP contribution in [0.2, 0.25) is 0 Å². The maximum atomic E-state index is 2.64. The van der Waals surface area contributed by atoms with Gasteiger partial charge in [-0.3, -0.25) is 14.7 Å². The molecule has 0 aliphatic carbocycles. The molecule has 0 atom stereocenters. The van der Waals surface area contributed by atoms with Crippen molar-refractivity contribution < 1.29 is 0 Å². The number of nitrogens with zero attached hydrogens (tertiary/aromatic N) is 3. The second-order valence-electron chi connectivity index (χ2n) is 6.19. The molecule has 2 fully saturated rings. The maximum absolute atomic E-state index is 2.64. The van der Waals surface area contributed by atoms with E-state index in [1.165, 1.54) is 58.8 Å². The van der Waals surface area contributed by atoms with Crippen molar-refractivity contribution >= 4 is 0 Å². The molecule has 0 spiro atoms. The van der Waals surface area contributed by atoms with Crippen LogP contribution in [0.1, 0.15) is 33.6 Å². The normalized spacial score (nSPS) is 26.8. The van der Waals surface area contributed by atoms with Crippen molar-refractivity contribution in [3.63, 3.8) is 0 Å². The average Bonchev–Trinajstić information content (AvgIpc) is 2.33. The lowest BCUT2D eigenvalue weighted by Crippen LogP contribution is -2.52. The van der Waals surface area contributed by atoms with Crippen molar-refractivity contribution in [2.75, 3.05) is 45.9 Å². The molecular formula is C14H29N3. The van der Waals surface area contributed by atoms with Gasteiger partial charge in [0.15, 0.2) is 0 Å². The minimum Gasteiger partial charge on any atom is -0.298 e. The predicted molar refractivity (Wildman–Crippen MR) is 73.1 cm³/mol. The molecule has 0 saturated carbocycles. The van der Waals surface area contributed by atoms with E-state index in [9.17, 15) is 0 Å². The molecular weight excluding hydrogens is 210 g/mol. The summed E-state index contributed by atoms with van der Waals surface area (Å²) in [5.74, 6) is 0.948. The molecule has 0 aromatic carbocycles. The molecule has 3 nitrogen and oxygen atoms in total. The molecule has 17 heavy (non-hydrogen) atoms. The molecule has 2 aliphatic rings. The molecule has 0 N–H and O–H groups in total. The lowest BCUT2D eigenvalue weighted by Gasteiger charge is -2.40. The van der Waals surface area contributed by atoms with Gasteiger partial charge in [0.1, 0.15) is 0 Å². The fourth-order valence-corrected chi connectivity index (χ4v) is 2.91. The van der Waals surface area contributed by atoms with Gasteiger partial charge in [0.2, 0.25) is 0 Å². The summed E-state index contributed by atoms with van der Waals surface area (Å²) in [5, 5.41) is 0. The second-order valence-corrected chi connectivity index (χ2v) is 6.19. The minimum absolute atomic E-state index is 0.716. The van der Waals surface area contributed by atoms with Crippen molar-refractivity contribution in [3.8, 4) is 0 Å². The third-order valence-corrected chi connectivity index (χ3v) is 4.41. The van der Waals surface area contributed by atoms with Crippen molar-refractivity contribution in [3.05, 3.63) is 0 Å². The van der Waals surface area contributed by atoms with Crippen LogP contribution in [0, 0.1) is 5.92 Å². The number of hydrogen-bond donors (Lipinski definition) is 0. The lowest BCUT2D eigenvalue weighted by atomic mass is 10.00. The summed E-state index contributed by atoms with van der Waals surface area (Å²) < 4.78 is 0. The number of likely N-dealkylation sites (tertiary alicyclic amines) is 1. The molecule has 0 aromatic heterocycles. The van der Waals surface area contributed by atoms with Crippen LogP contribution in [0.4, 0.5) is 0 Å². The fourth-order valence-electron chi connectivity index (χ4n) is 2.91. The Morgan fingerprint density at radius 3 is 1.94 bits per heavy atom. The first-order valence-corrected chi connectivity index (χ1v) is 7.34. The summed E-state index contributed by atoms with van der Waals surface area (Å²) >= 11 is 0. The van der Waals surface area contributed by atoms with Crippen LogP contribution in [0.25, 0.3) is 0 Å². The van der Waals surface area contributed by atoms with Crippen molar-refractivity contribution in [1.82, 2.24) is 14.7 Å². The lowest BCUT2D eigenvalue weighted by molar-refractivity contribution is 0.0480. The summed E-state index contributed by atoms with van der Waals surface area (Å²) in [6.07, 6.45) is 2.79. The van der Waals surface area contributed by atoms with E-state index in [1.807, 2.05) is 0 Å². The molecule has 0 amide bonds. The summed E-state index contributed by atoms with van der Waals surface area (Å²) in [6, 6.07) is 0.716. The first-order chi connectivity index (χ1) is 8.15. The molecule has 2 rings (SSSR count). The largest absolute Gasteiger partial charge is 0.298 e. The second kappa shape index (κ2) is 6.17.